The summed E-state index contributed by atoms with van der Waals surface area (Å²) < 4.78 is 5.48. The molecule has 0 radical (unpaired) electrons. The predicted molar refractivity (Wildman–Crippen MR) is 72.0 cm³/mol. The van der Waals surface area contributed by atoms with Gasteiger partial charge in [-0.2, -0.15) is 0 Å². The molecule has 0 N–H and O–H groups in total. The maximum Gasteiger partial charge on any atom is 0.108 e. The van der Waals surface area contributed by atoms with Crippen molar-refractivity contribution in [3.8, 4) is 11.8 Å². The lowest BCUT2D eigenvalue weighted by molar-refractivity contribution is 0.153. The van der Waals surface area contributed by atoms with Gasteiger partial charge in [0.05, 0.1) is 14.7 Å². The highest BCUT2D eigenvalue weighted by atomic mass is 28.3. The molecule has 0 fully saturated rings. The molecular weight excluding hydrogens is 212 g/mol. The first kappa shape index (κ1) is 13.0. The van der Waals surface area contributed by atoms with Crippen molar-refractivity contribution < 1.29 is 4.74 Å². The summed E-state index contributed by atoms with van der Waals surface area (Å²) in [5.41, 5.74) is 1.20. The maximum absolute atomic E-state index is 5.48. The largest absolute Gasteiger partial charge is 0.364 e. The average Bonchev–Trinajstić information content (AvgIpc) is 2.23. The predicted octanol–water partition coefficient (Wildman–Crippen LogP) is 3.54. The molecule has 0 heterocycles. The van der Waals surface area contributed by atoms with Crippen LogP contribution < -0.4 is 0 Å². The molecule has 1 aromatic carbocycles. The highest BCUT2D eigenvalue weighted by Gasteiger charge is 2.09. The van der Waals surface area contributed by atoms with Gasteiger partial charge in [-0.25, -0.2) is 0 Å². The van der Waals surface area contributed by atoms with E-state index in [9.17, 15) is 0 Å². The normalized spacial score (nSPS) is 10.7. The SMILES string of the molecule is C[Si](C)(C)CC#CCOCc1ccccc1. The zero-order valence-electron chi connectivity index (χ0n) is 10.4. The van der Waals surface area contributed by atoms with Crippen LogP contribution in [0.4, 0.5) is 0 Å². The van der Waals surface area contributed by atoms with Gasteiger partial charge in [0.2, 0.25) is 0 Å². The smallest absolute Gasteiger partial charge is 0.108 e. The molecule has 0 aliphatic rings. The summed E-state index contributed by atoms with van der Waals surface area (Å²) in [6.07, 6.45) is 0. The van der Waals surface area contributed by atoms with Crippen molar-refractivity contribution in [2.45, 2.75) is 32.3 Å². The van der Waals surface area contributed by atoms with E-state index in [2.05, 4.69) is 43.6 Å². The first-order valence-corrected chi connectivity index (χ1v) is 9.36. The van der Waals surface area contributed by atoms with E-state index in [1.165, 1.54) is 5.56 Å². The van der Waals surface area contributed by atoms with Gasteiger partial charge in [-0.15, -0.1) is 5.92 Å². The Morgan fingerprint density at radius 2 is 1.75 bits per heavy atom. The molecular formula is C14H20OSi. The minimum Gasteiger partial charge on any atom is -0.364 e. The molecule has 16 heavy (non-hydrogen) atoms. The van der Waals surface area contributed by atoms with E-state index < -0.39 is 8.07 Å². The number of hydrogen-bond acceptors (Lipinski definition) is 1. The van der Waals surface area contributed by atoms with Crippen molar-refractivity contribution in [3.63, 3.8) is 0 Å². The molecule has 1 nitrogen and oxygen atoms in total. The zero-order chi connectivity index (χ0) is 11.9. The van der Waals surface area contributed by atoms with E-state index in [0.29, 0.717) is 13.2 Å². The van der Waals surface area contributed by atoms with Crippen molar-refractivity contribution in [1.29, 1.82) is 0 Å². The second kappa shape index (κ2) is 6.52. The Morgan fingerprint density at radius 1 is 1.06 bits per heavy atom. The second-order valence-corrected chi connectivity index (χ2v) is 10.5. The molecule has 0 aliphatic heterocycles. The Morgan fingerprint density at radius 3 is 2.38 bits per heavy atom. The molecule has 1 aromatic rings. The molecule has 2 heteroatoms. The van der Waals surface area contributed by atoms with Gasteiger partial charge in [0, 0.05) is 6.04 Å². The minimum atomic E-state index is -1.01. The summed E-state index contributed by atoms with van der Waals surface area (Å²) in [7, 11) is -1.01. The van der Waals surface area contributed by atoms with E-state index in [0.717, 1.165) is 6.04 Å². The quantitative estimate of drug-likeness (QED) is 0.438. The van der Waals surface area contributed by atoms with Gasteiger partial charge in [0.15, 0.2) is 0 Å². The van der Waals surface area contributed by atoms with Crippen LogP contribution in [0.5, 0.6) is 0 Å². The molecule has 1 rings (SSSR count). The number of hydrogen-bond donors (Lipinski definition) is 0. The fourth-order valence-corrected chi connectivity index (χ4v) is 1.83. The van der Waals surface area contributed by atoms with E-state index in [-0.39, 0.29) is 0 Å². The van der Waals surface area contributed by atoms with Crippen LogP contribution in [0.1, 0.15) is 5.56 Å². The van der Waals surface area contributed by atoms with Gasteiger partial charge in [-0.3, -0.25) is 0 Å². The molecule has 0 bridgehead atoms. The summed E-state index contributed by atoms with van der Waals surface area (Å²) in [4.78, 5) is 0. The fourth-order valence-electron chi connectivity index (χ4n) is 1.17. The van der Waals surface area contributed by atoms with Crippen molar-refractivity contribution in [3.05, 3.63) is 35.9 Å². The molecule has 0 unspecified atom stereocenters. The molecule has 0 amide bonds. The van der Waals surface area contributed by atoms with E-state index in [4.69, 9.17) is 4.74 Å². The Bertz CT molecular complexity index is 354. The third-order valence-corrected chi connectivity index (χ3v) is 3.27. The zero-order valence-corrected chi connectivity index (χ0v) is 11.4. The van der Waals surface area contributed by atoms with E-state index in [1.807, 2.05) is 18.2 Å². The van der Waals surface area contributed by atoms with Crippen molar-refractivity contribution in [2.75, 3.05) is 6.61 Å². The molecule has 0 saturated carbocycles. The van der Waals surface area contributed by atoms with Crippen LogP contribution in [0.3, 0.4) is 0 Å². The van der Waals surface area contributed by atoms with Crippen LogP contribution in [0.15, 0.2) is 30.3 Å². The maximum atomic E-state index is 5.48. The van der Waals surface area contributed by atoms with Crippen LogP contribution in [0, 0.1) is 11.8 Å². The summed E-state index contributed by atoms with van der Waals surface area (Å²) in [6, 6.07) is 11.2. The molecule has 0 aromatic heterocycles. The van der Waals surface area contributed by atoms with Gasteiger partial charge >= 0.3 is 0 Å². The summed E-state index contributed by atoms with van der Waals surface area (Å²) in [5.74, 6) is 6.27. The molecule has 0 atom stereocenters. The van der Waals surface area contributed by atoms with Gasteiger partial charge in [-0.05, 0) is 5.56 Å². The molecule has 0 aliphatic carbocycles. The lowest BCUT2D eigenvalue weighted by Gasteiger charge is -2.09. The van der Waals surface area contributed by atoms with Crippen molar-refractivity contribution in [2.24, 2.45) is 0 Å². The standard InChI is InChI=1S/C14H20OSi/c1-16(2,3)12-8-7-11-15-13-14-9-5-4-6-10-14/h4-6,9-10H,11-13H2,1-3H3. The molecule has 0 spiro atoms. The number of benzene rings is 1. The van der Waals surface area contributed by atoms with Crippen molar-refractivity contribution in [1.82, 2.24) is 0 Å². The number of rotatable bonds is 4. The van der Waals surface area contributed by atoms with Gasteiger partial charge in [-0.1, -0.05) is 55.9 Å². The third kappa shape index (κ3) is 6.44. The van der Waals surface area contributed by atoms with Gasteiger partial charge < -0.3 is 4.74 Å². The first-order chi connectivity index (χ1) is 7.58. The highest BCUT2D eigenvalue weighted by Crippen LogP contribution is 2.05. The third-order valence-electron chi connectivity index (χ3n) is 2.03. The Hall–Kier alpha value is -1.04. The second-order valence-electron chi connectivity index (χ2n) is 5.07. The van der Waals surface area contributed by atoms with Crippen LogP contribution in [0.25, 0.3) is 0 Å². The number of ether oxygens (including phenoxy) is 1. The van der Waals surface area contributed by atoms with E-state index in [1.54, 1.807) is 0 Å². The molecule has 0 saturated heterocycles. The lowest BCUT2D eigenvalue weighted by Crippen LogP contribution is -2.17. The summed E-state index contributed by atoms with van der Waals surface area (Å²) >= 11 is 0. The van der Waals surface area contributed by atoms with Gasteiger partial charge in [0.1, 0.15) is 6.61 Å². The van der Waals surface area contributed by atoms with E-state index >= 15 is 0 Å². The van der Waals surface area contributed by atoms with Crippen LogP contribution in [-0.2, 0) is 11.3 Å². The van der Waals surface area contributed by atoms with Crippen LogP contribution in [0.2, 0.25) is 25.7 Å². The Labute approximate surface area is 99.8 Å². The van der Waals surface area contributed by atoms with Crippen LogP contribution >= 0.6 is 0 Å². The Kier molecular flexibility index (Phi) is 5.31. The minimum absolute atomic E-state index is 0.541. The summed E-state index contributed by atoms with van der Waals surface area (Å²) in [6.45, 7) is 8.17. The lowest BCUT2D eigenvalue weighted by atomic mass is 10.2. The first-order valence-electron chi connectivity index (χ1n) is 5.65. The Balaban J connectivity index is 2.17. The highest BCUT2D eigenvalue weighted by molar-refractivity contribution is 6.76. The van der Waals surface area contributed by atoms with Crippen molar-refractivity contribution >= 4 is 8.07 Å². The fraction of sp³-hybridized carbons (Fsp3) is 0.429. The van der Waals surface area contributed by atoms with Gasteiger partial charge in [0.25, 0.3) is 0 Å². The topological polar surface area (TPSA) is 9.23 Å². The van der Waals surface area contributed by atoms with Crippen LogP contribution in [-0.4, -0.2) is 14.7 Å². The average molecular weight is 232 g/mol. The monoisotopic (exact) mass is 232 g/mol. The summed E-state index contributed by atoms with van der Waals surface area (Å²) in [5, 5.41) is 0. The molecule has 86 valence electrons.